The zero-order valence-corrected chi connectivity index (χ0v) is 4.79. The van der Waals surface area contributed by atoms with Crippen molar-refractivity contribution in [3.8, 4) is 0 Å². The number of isocyanates is 1. The monoisotopic (exact) mass is 124 g/mol. The first-order chi connectivity index (χ1) is 4.33. The summed E-state index contributed by atoms with van der Waals surface area (Å²) in [5.41, 5.74) is 0. The number of carbonyl (C=O) groups excluding carboxylic acids is 1. The summed E-state index contributed by atoms with van der Waals surface area (Å²) >= 11 is 0. The topological polar surface area (TPSA) is 55.5 Å². The highest BCUT2D eigenvalue weighted by atomic mass is 16.4. The molecule has 0 amide bonds. The number of hydrogen-bond acceptors (Lipinski definition) is 4. The maximum absolute atomic E-state index is 9.59. The number of nitrogens with zero attached hydrogens (tertiary/aromatic N) is 2. The van der Waals surface area contributed by atoms with E-state index in [1.807, 2.05) is 0 Å². The van der Waals surface area contributed by atoms with Crippen molar-refractivity contribution in [3.05, 3.63) is 12.0 Å². The predicted octanol–water partition coefficient (Wildman–Crippen LogP) is 0.950. The minimum atomic E-state index is 0.0579. The van der Waals surface area contributed by atoms with Crippen LogP contribution < -0.4 is 0 Å². The van der Waals surface area contributed by atoms with Gasteiger partial charge in [-0.25, -0.2) is 4.79 Å². The van der Waals surface area contributed by atoms with E-state index < -0.39 is 0 Å². The van der Waals surface area contributed by atoms with Crippen molar-refractivity contribution in [2.45, 2.75) is 6.92 Å². The summed E-state index contributed by atoms with van der Waals surface area (Å²) in [7, 11) is 0. The highest BCUT2D eigenvalue weighted by Crippen LogP contribution is 2.08. The normalized spacial score (nSPS) is 8.56. The molecule has 0 aromatic carbocycles. The van der Waals surface area contributed by atoms with Crippen molar-refractivity contribution >= 4 is 12.1 Å². The molecule has 0 unspecified atom stereocenters. The zero-order chi connectivity index (χ0) is 6.69. The molecule has 4 heteroatoms. The van der Waals surface area contributed by atoms with Crippen LogP contribution in [0.25, 0.3) is 0 Å². The molecular weight excluding hydrogens is 120 g/mol. The Kier molecular flexibility index (Phi) is 1.42. The third-order valence-corrected chi connectivity index (χ3v) is 0.750. The Labute approximate surface area is 51.2 Å². The van der Waals surface area contributed by atoms with E-state index in [4.69, 9.17) is 4.42 Å². The van der Waals surface area contributed by atoms with Gasteiger partial charge in [0.2, 0.25) is 6.08 Å². The average Bonchev–Trinajstić information content (AvgIpc) is 2.17. The standard InChI is InChI=1S/C5H4N2O2/c1-4-2-6-5(9-4)7-3-8/h2H,1H3. The maximum Gasteiger partial charge on any atom is 0.332 e. The summed E-state index contributed by atoms with van der Waals surface area (Å²) in [4.78, 5) is 16.3. The largest absolute Gasteiger partial charge is 0.427 e. The number of rotatable bonds is 1. The van der Waals surface area contributed by atoms with Crippen LogP contribution in [0.2, 0.25) is 0 Å². The van der Waals surface area contributed by atoms with Gasteiger partial charge in [-0.3, -0.25) is 0 Å². The lowest BCUT2D eigenvalue weighted by atomic mass is 10.6. The number of aromatic nitrogens is 1. The van der Waals surface area contributed by atoms with Gasteiger partial charge in [0.1, 0.15) is 5.76 Å². The van der Waals surface area contributed by atoms with E-state index in [1.54, 1.807) is 6.92 Å². The first kappa shape index (κ1) is 5.72. The van der Waals surface area contributed by atoms with Crippen LogP contribution in [-0.4, -0.2) is 11.1 Å². The molecule has 46 valence electrons. The summed E-state index contributed by atoms with van der Waals surface area (Å²) in [6, 6.07) is 0.0579. The number of aryl methyl sites for hydroxylation is 1. The van der Waals surface area contributed by atoms with Gasteiger partial charge in [-0.1, -0.05) is 0 Å². The van der Waals surface area contributed by atoms with Gasteiger partial charge in [0.25, 0.3) is 0 Å². The summed E-state index contributed by atoms with van der Waals surface area (Å²) < 4.78 is 4.78. The highest BCUT2D eigenvalue weighted by molar-refractivity contribution is 5.39. The Bertz CT molecular complexity index is 247. The molecule has 0 radical (unpaired) electrons. The Balaban J connectivity index is 2.97. The molecule has 9 heavy (non-hydrogen) atoms. The summed E-state index contributed by atoms with van der Waals surface area (Å²) in [6.45, 7) is 1.72. The van der Waals surface area contributed by atoms with Gasteiger partial charge in [0.15, 0.2) is 0 Å². The average molecular weight is 124 g/mol. The lowest BCUT2D eigenvalue weighted by Gasteiger charge is -1.73. The van der Waals surface area contributed by atoms with Crippen molar-refractivity contribution < 1.29 is 9.21 Å². The van der Waals surface area contributed by atoms with Gasteiger partial charge in [-0.2, -0.15) is 4.98 Å². The van der Waals surface area contributed by atoms with E-state index in [2.05, 4.69) is 9.98 Å². The molecule has 0 aliphatic carbocycles. The van der Waals surface area contributed by atoms with Crippen molar-refractivity contribution in [2.24, 2.45) is 4.99 Å². The van der Waals surface area contributed by atoms with Crippen LogP contribution in [-0.2, 0) is 4.79 Å². The number of aliphatic imine (C=N–C) groups is 1. The molecule has 0 aliphatic rings. The Morgan fingerprint density at radius 1 is 1.89 bits per heavy atom. The van der Waals surface area contributed by atoms with Gasteiger partial charge >= 0.3 is 6.01 Å². The Morgan fingerprint density at radius 3 is 3.11 bits per heavy atom. The highest BCUT2D eigenvalue weighted by Gasteiger charge is 1.93. The zero-order valence-electron chi connectivity index (χ0n) is 4.79. The second-order valence-electron chi connectivity index (χ2n) is 1.46. The minimum absolute atomic E-state index is 0.0579. The minimum Gasteiger partial charge on any atom is -0.427 e. The van der Waals surface area contributed by atoms with Crippen LogP contribution >= 0.6 is 0 Å². The molecule has 0 aliphatic heterocycles. The predicted molar refractivity (Wildman–Crippen MR) is 29.0 cm³/mol. The molecule has 0 atom stereocenters. The molecule has 0 N–H and O–H groups in total. The Morgan fingerprint density at radius 2 is 2.67 bits per heavy atom. The van der Waals surface area contributed by atoms with Crippen LogP contribution in [0, 0.1) is 6.92 Å². The fourth-order valence-corrected chi connectivity index (χ4v) is 0.434. The molecule has 1 rings (SSSR count). The molecule has 1 aromatic heterocycles. The van der Waals surface area contributed by atoms with E-state index in [0.29, 0.717) is 5.76 Å². The molecule has 0 spiro atoms. The van der Waals surface area contributed by atoms with Gasteiger partial charge in [-0.15, -0.1) is 4.99 Å². The molecule has 0 bridgehead atoms. The third kappa shape index (κ3) is 1.24. The second kappa shape index (κ2) is 2.24. The second-order valence-corrected chi connectivity index (χ2v) is 1.46. The molecule has 0 saturated heterocycles. The maximum atomic E-state index is 9.59. The number of hydrogen-bond donors (Lipinski definition) is 0. The fourth-order valence-electron chi connectivity index (χ4n) is 0.434. The smallest absolute Gasteiger partial charge is 0.332 e. The van der Waals surface area contributed by atoms with Crippen LogP contribution in [0.3, 0.4) is 0 Å². The lowest BCUT2D eigenvalue weighted by Crippen LogP contribution is -1.55. The molecule has 0 saturated carbocycles. The van der Waals surface area contributed by atoms with Crippen LogP contribution in [0.15, 0.2) is 15.6 Å². The molecule has 0 fully saturated rings. The van der Waals surface area contributed by atoms with E-state index in [-0.39, 0.29) is 6.01 Å². The first-order valence-corrected chi connectivity index (χ1v) is 2.33. The van der Waals surface area contributed by atoms with E-state index in [9.17, 15) is 4.79 Å². The third-order valence-electron chi connectivity index (χ3n) is 0.750. The van der Waals surface area contributed by atoms with E-state index >= 15 is 0 Å². The van der Waals surface area contributed by atoms with E-state index in [0.717, 1.165) is 0 Å². The van der Waals surface area contributed by atoms with Crippen LogP contribution in [0.5, 0.6) is 0 Å². The molecule has 1 heterocycles. The summed E-state index contributed by atoms with van der Waals surface area (Å²) in [6.07, 6.45) is 2.80. The van der Waals surface area contributed by atoms with Gasteiger partial charge in [0, 0.05) is 0 Å². The van der Waals surface area contributed by atoms with Crippen LogP contribution in [0.4, 0.5) is 6.01 Å². The lowest BCUT2D eigenvalue weighted by molar-refractivity contribution is 0.532. The summed E-state index contributed by atoms with van der Waals surface area (Å²) in [5, 5.41) is 0. The van der Waals surface area contributed by atoms with Gasteiger partial charge in [-0.05, 0) is 6.92 Å². The first-order valence-electron chi connectivity index (χ1n) is 2.33. The van der Waals surface area contributed by atoms with Gasteiger partial charge in [0.05, 0.1) is 6.20 Å². The Hall–Kier alpha value is -1.41. The van der Waals surface area contributed by atoms with Crippen molar-refractivity contribution in [1.29, 1.82) is 0 Å². The molecule has 4 nitrogen and oxygen atoms in total. The SMILES string of the molecule is Cc1cnc(N=C=O)o1. The fraction of sp³-hybridized carbons (Fsp3) is 0.200. The van der Waals surface area contributed by atoms with Crippen molar-refractivity contribution in [3.63, 3.8) is 0 Å². The quantitative estimate of drug-likeness (QED) is 0.413. The molecule has 1 aromatic rings. The number of oxazole rings is 1. The van der Waals surface area contributed by atoms with Crippen molar-refractivity contribution in [2.75, 3.05) is 0 Å². The summed E-state index contributed by atoms with van der Waals surface area (Å²) in [5.74, 6) is 0.629. The molecular formula is C5H4N2O2. The van der Waals surface area contributed by atoms with Crippen molar-refractivity contribution in [1.82, 2.24) is 4.98 Å². The van der Waals surface area contributed by atoms with E-state index in [1.165, 1.54) is 12.3 Å². The van der Waals surface area contributed by atoms with Crippen LogP contribution in [0.1, 0.15) is 5.76 Å². The van der Waals surface area contributed by atoms with Gasteiger partial charge < -0.3 is 4.42 Å².